The van der Waals surface area contributed by atoms with E-state index in [0.29, 0.717) is 24.6 Å². The summed E-state index contributed by atoms with van der Waals surface area (Å²) in [7, 11) is 1.66. The van der Waals surface area contributed by atoms with Crippen LogP contribution in [0.5, 0.6) is 5.75 Å². The molecular weight excluding hydrogens is 432 g/mol. The van der Waals surface area contributed by atoms with E-state index in [4.69, 9.17) is 4.74 Å². The Morgan fingerprint density at radius 2 is 1.92 bits per heavy atom. The Kier molecular flexibility index (Phi) is 9.26. The molecular formula is C19H25FIN3O. The molecule has 0 atom stereocenters. The summed E-state index contributed by atoms with van der Waals surface area (Å²) in [6.45, 7) is 5.64. The molecule has 0 unspecified atom stereocenters. The molecule has 2 rings (SSSR count). The van der Waals surface area contributed by atoms with Crippen LogP contribution in [-0.2, 0) is 13.1 Å². The minimum Gasteiger partial charge on any atom is -0.496 e. The first-order valence-corrected chi connectivity index (χ1v) is 8.03. The monoisotopic (exact) mass is 457 g/mol. The van der Waals surface area contributed by atoms with Crippen LogP contribution in [0.25, 0.3) is 0 Å². The van der Waals surface area contributed by atoms with Crippen LogP contribution in [-0.4, -0.2) is 19.6 Å². The summed E-state index contributed by atoms with van der Waals surface area (Å²) in [4.78, 5) is 4.55. The third-order valence-corrected chi connectivity index (χ3v) is 3.64. The number of benzene rings is 2. The van der Waals surface area contributed by atoms with E-state index in [-0.39, 0.29) is 29.8 Å². The lowest BCUT2D eigenvalue weighted by atomic mass is 10.1. The van der Waals surface area contributed by atoms with Gasteiger partial charge in [0, 0.05) is 18.7 Å². The Bertz CT molecular complexity index is 707. The number of methoxy groups -OCH3 is 1. The molecule has 0 heterocycles. The maximum atomic E-state index is 13.7. The van der Waals surface area contributed by atoms with Crippen LogP contribution in [0.3, 0.4) is 0 Å². The number of hydrogen-bond acceptors (Lipinski definition) is 2. The van der Waals surface area contributed by atoms with Crippen molar-refractivity contribution in [3.05, 3.63) is 65.0 Å². The molecule has 2 aromatic rings. The Hall–Kier alpha value is -1.83. The van der Waals surface area contributed by atoms with Gasteiger partial charge in [0.1, 0.15) is 11.6 Å². The second-order valence-corrected chi connectivity index (χ2v) is 5.44. The SMILES string of the molecule is CCNC(=NCc1ccc(C)c(OC)c1)NCc1ccccc1F.I. The Balaban J connectivity index is 0.00000312. The Morgan fingerprint density at radius 3 is 2.60 bits per heavy atom. The van der Waals surface area contributed by atoms with Gasteiger partial charge in [-0.3, -0.25) is 0 Å². The second kappa shape index (κ2) is 10.9. The lowest BCUT2D eigenvalue weighted by Crippen LogP contribution is -2.37. The third kappa shape index (κ3) is 6.53. The summed E-state index contributed by atoms with van der Waals surface area (Å²) < 4.78 is 19.0. The minimum absolute atomic E-state index is 0. The molecule has 0 aromatic heterocycles. The standard InChI is InChI=1S/C19H24FN3O.HI/c1-4-21-19(23-13-16-7-5-6-8-17(16)20)22-12-15-10-9-14(2)18(11-15)24-3;/h5-11H,4,12-13H2,1-3H3,(H2,21,22,23);1H. The molecule has 0 amide bonds. The van der Waals surface area contributed by atoms with E-state index in [9.17, 15) is 4.39 Å². The maximum Gasteiger partial charge on any atom is 0.191 e. The number of hydrogen-bond donors (Lipinski definition) is 2. The highest BCUT2D eigenvalue weighted by Gasteiger charge is 2.04. The Morgan fingerprint density at radius 1 is 1.16 bits per heavy atom. The number of rotatable bonds is 6. The molecule has 25 heavy (non-hydrogen) atoms. The molecule has 0 aliphatic carbocycles. The van der Waals surface area contributed by atoms with Gasteiger partial charge in [-0.25, -0.2) is 9.38 Å². The van der Waals surface area contributed by atoms with Crippen molar-refractivity contribution in [3.8, 4) is 5.75 Å². The van der Waals surface area contributed by atoms with E-state index in [1.807, 2.05) is 38.1 Å². The quantitative estimate of drug-likeness (QED) is 0.392. The predicted octanol–water partition coefficient (Wildman–Crippen LogP) is 4.02. The van der Waals surface area contributed by atoms with Gasteiger partial charge < -0.3 is 15.4 Å². The summed E-state index contributed by atoms with van der Waals surface area (Å²) in [5, 5.41) is 6.32. The van der Waals surface area contributed by atoms with Gasteiger partial charge in [-0.1, -0.05) is 30.3 Å². The number of halogens is 2. The molecule has 2 aromatic carbocycles. The normalized spacial score (nSPS) is 10.8. The van der Waals surface area contributed by atoms with Gasteiger partial charge in [0.2, 0.25) is 0 Å². The van der Waals surface area contributed by atoms with Crippen LogP contribution in [0.4, 0.5) is 4.39 Å². The van der Waals surface area contributed by atoms with Crippen molar-refractivity contribution in [1.82, 2.24) is 10.6 Å². The Labute approximate surface area is 165 Å². The van der Waals surface area contributed by atoms with Gasteiger partial charge in [0.05, 0.1) is 13.7 Å². The molecule has 2 N–H and O–H groups in total. The fraction of sp³-hybridized carbons (Fsp3) is 0.316. The van der Waals surface area contributed by atoms with E-state index < -0.39 is 0 Å². The first-order chi connectivity index (χ1) is 11.6. The van der Waals surface area contributed by atoms with Crippen LogP contribution in [0.1, 0.15) is 23.6 Å². The molecule has 0 saturated carbocycles. The summed E-state index contributed by atoms with van der Waals surface area (Å²) in [6.07, 6.45) is 0. The van der Waals surface area contributed by atoms with Gasteiger partial charge in [0.25, 0.3) is 0 Å². The highest BCUT2D eigenvalue weighted by Crippen LogP contribution is 2.19. The topological polar surface area (TPSA) is 45.7 Å². The number of guanidine groups is 1. The van der Waals surface area contributed by atoms with E-state index in [1.165, 1.54) is 6.07 Å². The first kappa shape index (κ1) is 21.2. The third-order valence-electron chi connectivity index (χ3n) is 3.64. The van der Waals surface area contributed by atoms with Crippen molar-refractivity contribution in [2.24, 2.45) is 4.99 Å². The summed E-state index contributed by atoms with van der Waals surface area (Å²) in [5.74, 6) is 1.29. The highest BCUT2D eigenvalue weighted by atomic mass is 127. The van der Waals surface area contributed by atoms with Gasteiger partial charge in [-0.05, 0) is 37.1 Å². The maximum absolute atomic E-state index is 13.7. The molecule has 4 nitrogen and oxygen atoms in total. The largest absolute Gasteiger partial charge is 0.496 e. The van der Waals surface area contributed by atoms with Crippen molar-refractivity contribution in [1.29, 1.82) is 0 Å². The van der Waals surface area contributed by atoms with Crippen molar-refractivity contribution >= 4 is 29.9 Å². The molecule has 0 aliphatic heterocycles. The molecule has 6 heteroatoms. The molecule has 0 spiro atoms. The number of nitrogens with zero attached hydrogens (tertiary/aromatic N) is 1. The zero-order chi connectivity index (χ0) is 17.4. The lowest BCUT2D eigenvalue weighted by molar-refractivity contribution is 0.411. The van der Waals surface area contributed by atoms with E-state index >= 15 is 0 Å². The fourth-order valence-corrected chi connectivity index (χ4v) is 2.30. The summed E-state index contributed by atoms with van der Waals surface area (Å²) in [5.41, 5.74) is 2.76. The molecule has 136 valence electrons. The highest BCUT2D eigenvalue weighted by molar-refractivity contribution is 14.0. The van der Waals surface area contributed by atoms with Gasteiger partial charge in [-0.15, -0.1) is 24.0 Å². The fourth-order valence-electron chi connectivity index (χ4n) is 2.30. The number of aliphatic imine (C=N–C) groups is 1. The zero-order valence-corrected chi connectivity index (χ0v) is 17.1. The van der Waals surface area contributed by atoms with Crippen LogP contribution in [0.2, 0.25) is 0 Å². The molecule has 0 radical (unpaired) electrons. The van der Waals surface area contributed by atoms with Crippen molar-refractivity contribution < 1.29 is 9.13 Å². The molecule has 0 saturated heterocycles. The average Bonchev–Trinajstić information content (AvgIpc) is 2.59. The van der Waals surface area contributed by atoms with Crippen molar-refractivity contribution in [2.75, 3.05) is 13.7 Å². The van der Waals surface area contributed by atoms with E-state index in [1.54, 1.807) is 19.2 Å². The number of aryl methyl sites for hydroxylation is 1. The van der Waals surface area contributed by atoms with Crippen LogP contribution < -0.4 is 15.4 Å². The first-order valence-electron chi connectivity index (χ1n) is 8.03. The predicted molar refractivity (Wildman–Crippen MR) is 111 cm³/mol. The van der Waals surface area contributed by atoms with Gasteiger partial charge in [0.15, 0.2) is 5.96 Å². The summed E-state index contributed by atoms with van der Waals surface area (Å²) in [6, 6.07) is 12.8. The van der Waals surface area contributed by atoms with E-state index in [0.717, 1.165) is 23.4 Å². The van der Waals surface area contributed by atoms with Crippen LogP contribution >= 0.6 is 24.0 Å². The number of nitrogens with one attached hydrogen (secondary N) is 2. The second-order valence-electron chi connectivity index (χ2n) is 5.44. The lowest BCUT2D eigenvalue weighted by Gasteiger charge is -2.12. The molecule has 0 fully saturated rings. The summed E-state index contributed by atoms with van der Waals surface area (Å²) >= 11 is 0. The molecule has 0 aliphatic rings. The smallest absolute Gasteiger partial charge is 0.191 e. The van der Waals surface area contributed by atoms with Gasteiger partial charge in [-0.2, -0.15) is 0 Å². The van der Waals surface area contributed by atoms with E-state index in [2.05, 4.69) is 15.6 Å². The van der Waals surface area contributed by atoms with Crippen LogP contribution in [0, 0.1) is 12.7 Å². The van der Waals surface area contributed by atoms with Crippen molar-refractivity contribution in [3.63, 3.8) is 0 Å². The average molecular weight is 457 g/mol. The molecule has 0 bridgehead atoms. The minimum atomic E-state index is -0.218. The van der Waals surface area contributed by atoms with Crippen LogP contribution in [0.15, 0.2) is 47.5 Å². The van der Waals surface area contributed by atoms with Gasteiger partial charge >= 0.3 is 0 Å². The van der Waals surface area contributed by atoms with Crippen molar-refractivity contribution in [2.45, 2.75) is 26.9 Å². The number of ether oxygens (including phenoxy) is 1. The zero-order valence-electron chi connectivity index (χ0n) is 14.8.